The van der Waals surface area contributed by atoms with Gasteiger partial charge in [-0.25, -0.2) is 24.0 Å². The minimum atomic E-state index is -4.17. The van der Waals surface area contributed by atoms with E-state index in [1.54, 1.807) is 12.1 Å². The van der Waals surface area contributed by atoms with E-state index in [4.69, 9.17) is 27.1 Å². The van der Waals surface area contributed by atoms with Crippen LogP contribution in [0.1, 0.15) is 54.3 Å². The Morgan fingerprint density at radius 2 is 1.81 bits per heavy atom. The maximum absolute atomic E-state index is 15.0. The van der Waals surface area contributed by atoms with Crippen molar-refractivity contribution in [2.45, 2.75) is 52.3 Å². The fraction of sp³-hybridized carbons (Fsp3) is 0.281. The largest absolute Gasteiger partial charge is 0.482 e. The number of carbonyl (C=O) groups is 2. The van der Waals surface area contributed by atoms with Crippen LogP contribution in [0.3, 0.4) is 0 Å². The summed E-state index contributed by atoms with van der Waals surface area (Å²) in [5.41, 5.74) is 7.91. The number of ether oxygens (including phenoxy) is 1. The average Bonchev–Trinajstić information content (AvgIpc) is 3.79. The van der Waals surface area contributed by atoms with Crippen LogP contribution in [0, 0.1) is 11.7 Å². The number of carbonyl (C=O) groups excluding carboxylic acids is 2. The van der Waals surface area contributed by atoms with Crippen molar-refractivity contribution in [2.24, 2.45) is 11.7 Å². The monoisotopic (exact) mass is 664 g/mol. The van der Waals surface area contributed by atoms with Crippen LogP contribution in [-0.2, 0) is 24.3 Å². The lowest BCUT2D eigenvalue weighted by molar-refractivity contribution is -0.193. The molecule has 0 radical (unpaired) electrons. The number of aromatic nitrogens is 6. The molecule has 2 amide bonds. The third-order valence-electron chi connectivity index (χ3n) is 7.63. The van der Waals surface area contributed by atoms with E-state index in [0.29, 0.717) is 50.9 Å². The predicted octanol–water partition coefficient (Wildman–Crippen LogP) is 5.72. The number of fused-ring (bicyclic) bond motifs is 2. The standard InChI is InChI=1S/C30H22ClF3N8O3.C2H6/c31-17-4-5-19(36-9-17)13-41-22-6-3-16(8-23(22)45-30(33,34)29(41)44)25-20-12-39-42(14-24-37-10-18(32)11-38-24)28(20)40-21(7-15-1-2-15)26(25)27(35)43;1-2/h3-6,8-12,15H,1-2,7,13-14H2,(H2,35,43);1-2H3. The topological polar surface area (TPSA) is 142 Å². The lowest BCUT2D eigenvalue weighted by Gasteiger charge is -2.33. The van der Waals surface area contributed by atoms with Gasteiger partial charge in [0.05, 0.1) is 52.8 Å². The predicted molar refractivity (Wildman–Crippen MR) is 166 cm³/mol. The summed E-state index contributed by atoms with van der Waals surface area (Å²) in [6.45, 7) is 3.78. The number of nitrogens with two attached hydrogens (primary N) is 1. The molecule has 0 bridgehead atoms. The number of alkyl halides is 2. The Kier molecular flexibility index (Phi) is 8.53. The Bertz CT molecular complexity index is 1980. The van der Waals surface area contributed by atoms with Gasteiger partial charge in [0.25, 0.3) is 5.91 Å². The number of benzene rings is 1. The summed E-state index contributed by atoms with van der Waals surface area (Å²) < 4.78 is 49.7. The number of pyridine rings is 2. The van der Waals surface area contributed by atoms with Gasteiger partial charge in [-0.05, 0) is 55.0 Å². The van der Waals surface area contributed by atoms with Crippen LogP contribution in [0.4, 0.5) is 18.9 Å². The molecule has 0 unspecified atom stereocenters. The maximum Gasteiger partial charge on any atom is 0.482 e. The molecule has 242 valence electrons. The number of hydrogen-bond donors (Lipinski definition) is 1. The lowest BCUT2D eigenvalue weighted by atomic mass is 9.93. The number of hydrogen-bond acceptors (Lipinski definition) is 8. The fourth-order valence-corrected chi connectivity index (χ4v) is 5.47. The quantitative estimate of drug-likeness (QED) is 0.222. The summed E-state index contributed by atoms with van der Waals surface area (Å²) in [5.74, 6) is -2.60. The zero-order valence-electron chi connectivity index (χ0n) is 25.3. The van der Waals surface area contributed by atoms with Gasteiger partial charge in [-0.15, -0.1) is 0 Å². The number of rotatable bonds is 8. The number of amides is 2. The van der Waals surface area contributed by atoms with Gasteiger partial charge in [0, 0.05) is 17.1 Å². The highest BCUT2D eigenvalue weighted by molar-refractivity contribution is 6.30. The molecule has 1 aliphatic carbocycles. The van der Waals surface area contributed by atoms with Gasteiger partial charge < -0.3 is 10.5 Å². The molecule has 2 aliphatic rings. The Morgan fingerprint density at radius 1 is 1.06 bits per heavy atom. The lowest BCUT2D eigenvalue weighted by Crippen LogP contribution is -2.50. The van der Waals surface area contributed by atoms with Gasteiger partial charge in [0.15, 0.2) is 17.2 Å². The summed E-state index contributed by atoms with van der Waals surface area (Å²) in [5, 5.41) is 5.19. The molecule has 1 aliphatic heterocycles. The third kappa shape index (κ3) is 6.32. The number of halogens is 4. The zero-order valence-corrected chi connectivity index (χ0v) is 26.0. The van der Waals surface area contributed by atoms with Crippen LogP contribution in [0.5, 0.6) is 5.75 Å². The summed E-state index contributed by atoms with van der Waals surface area (Å²) in [4.78, 5) is 43.5. The molecule has 0 atom stereocenters. The molecule has 1 fully saturated rings. The van der Waals surface area contributed by atoms with Gasteiger partial charge in [-0.2, -0.15) is 13.9 Å². The molecule has 2 N–H and O–H groups in total. The van der Waals surface area contributed by atoms with E-state index in [0.717, 1.165) is 30.1 Å². The minimum Gasteiger partial charge on any atom is -0.423 e. The highest BCUT2D eigenvalue weighted by atomic mass is 35.5. The number of primary amides is 1. The molecule has 5 heterocycles. The van der Waals surface area contributed by atoms with E-state index in [1.807, 2.05) is 13.8 Å². The summed E-state index contributed by atoms with van der Waals surface area (Å²) >= 11 is 5.91. The van der Waals surface area contributed by atoms with E-state index in [9.17, 15) is 22.8 Å². The van der Waals surface area contributed by atoms with Crippen molar-refractivity contribution in [1.29, 1.82) is 0 Å². The van der Waals surface area contributed by atoms with Crippen LogP contribution in [0.2, 0.25) is 5.02 Å². The van der Waals surface area contributed by atoms with Crippen molar-refractivity contribution in [1.82, 2.24) is 29.7 Å². The van der Waals surface area contributed by atoms with Crippen molar-refractivity contribution in [3.63, 3.8) is 0 Å². The van der Waals surface area contributed by atoms with Crippen LogP contribution >= 0.6 is 11.6 Å². The SMILES string of the molecule is CC.NC(=O)c1c(CC2CC2)nc2c(cnn2Cc2ncc(F)cn2)c1-c1ccc2c(c1)OC(F)(F)C(=O)N2Cc1ccc(Cl)cn1. The second-order valence-electron chi connectivity index (χ2n) is 10.8. The second kappa shape index (κ2) is 12.6. The Morgan fingerprint density at radius 3 is 2.47 bits per heavy atom. The molecular formula is C32H28ClF3N8O3. The van der Waals surface area contributed by atoms with Gasteiger partial charge >= 0.3 is 12.0 Å². The molecule has 11 nitrogen and oxygen atoms in total. The van der Waals surface area contributed by atoms with Gasteiger partial charge in [0.2, 0.25) is 0 Å². The van der Waals surface area contributed by atoms with Gasteiger partial charge in [-0.3, -0.25) is 19.5 Å². The molecule has 5 aromatic rings. The highest BCUT2D eigenvalue weighted by Gasteiger charge is 2.50. The smallest absolute Gasteiger partial charge is 0.423 e. The first kappa shape index (κ1) is 31.9. The Balaban J connectivity index is 0.00000190. The summed E-state index contributed by atoms with van der Waals surface area (Å²) in [7, 11) is 0. The van der Waals surface area contributed by atoms with Crippen LogP contribution < -0.4 is 15.4 Å². The number of nitrogens with zero attached hydrogens (tertiary/aromatic N) is 7. The van der Waals surface area contributed by atoms with E-state index in [-0.39, 0.29) is 35.9 Å². The molecule has 0 spiro atoms. The molecule has 0 saturated heterocycles. The van der Waals surface area contributed by atoms with E-state index in [2.05, 4.69) is 20.1 Å². The van der Waals surface area contributed by atoms with E-state index >= 15 is 0 Å². The Labute approximate surface area is 271 Å². The van der Waals surface area contributed by atoms with E-state index < -0.39 is 23.7 Å². The van der Waals surface area contributed by atoms with Crippen LogP contribution in [0.25, 0.3) is 22.2 Å². The van der Waals surface area contributed by atoms with Gasteiger partial charge in [0.1, 0.15) is 12.4 Å². The summed E-state index contributed by atoms with van der Waals surface area (Å²) in [6, 6.07) is 7.45. The Hall–Kier alpha value is -5.11. The molecule has 1 aromatic carbocycles. The molecule has 47 heavy (non-hydrogen) atoms. The molecule has 15 heteroatoms. The van der Waals surface area contributed by atoms with Gasteiger partial charge in [-0.1, -0.05) is 31.5 Å². The van der Waals surface area contributed by atoms with Crippen molar-refractivity contribution in [3.05, 3.63) is 88.7 Å². The first-order chi connectivity index (χ1) is 22.6. The van der Waals surface area contributed by atoms with Crippen LogP contribution in [-0.4, -0.2) is 47.6 Å². The van der Waals surface area contributed by atoms with Crippen molar-refractivity contribution in [3.8, 4) is 16.9 Å². The van der Waals surface area contributed by atoms with Crippen molar-refractivity contribution in [2.75, 3.05) is 4.90 Å². The number of anilines is 1. The van der Waals surface area contributed by atoms with Crippen LogP contribution in [0.15, 0.2) is 55.1 Å². The average molecular weight is 665 g/mol. The van der Waals surface area contributed by atoms with Crippen molar-refractivity contribution >= 4 is 40.1 Å². The molecular weight excluding hydrogens is 637 g/mol. The summed E-state index contributed by atoms with van der Waals surface area (Å²) in [6.07, 6.45) is 3.13. The maximum atomic E-state index is 15.0. The van der Waals surface area contributed by atoms with E-state index in [1.165, 1.54) is 35.3 Å². The molecule has 1 saturated carbocycles. The molecule has 7 rings (SSSR count). The first-order valence-electron chi connectivity index (χ1n) is 14.9. The third-order valence-corrected chi connectivity index (χ3v) is 7.85. The first-order valence-corrected chi connectivity index (χ1v) is 15.2. The highest BCUT2D eigenvalue weighted by Crippen LogP contribution is 2.44. The normalized spacial score (nSPS) is 15.1. The fourth-order valence-electron chi connectivity index (χ4n) is 5.36. The van der Waals surface area contributed by atoms with Crippen molar-refractivity contribution < 1.29 is 27.5 Å². The molecule has 4 aromatic heterocycles. The second-order valence-corrected chi connectivity index (χ2v) is 11.3. The minimum absolute atomic E-state index is 0.0460. The zero-order chi connectivity index (χ0) is 33.5.